The van der Waals surface area contributed by atoms with Crippen LogP contribution in [0.1, 0.15) is 71.1 Å². The zero-order valence-corrected chi connectivity index (χ0v) is 13.7. The van der Waals surface area contributed by atoms with Gasteiger partial charge in [-0.2, -0.15) is 0 Å². The molecule has 0 aromatic rings. The first-order valence-corrected chi connectivity index (χ1v) is 8.81. The molecule has 3 N–H and O–H groups in total. The molecule has 0 aromatic carbocycles. The molecule has 0 aliphatic heterocycles. The maximum atomic E-state index is 12.1. The van der Waals surface area contributed by atoms with Crippen LogP contribution in [-0.4, -0.2) is 35.1 Å². The van der Waals surface area contributed by atoms with Crippen LogP contribution in [0.25, 0.3) is 0 Å². The van der Waals surface area contributed by atoms with E-state index in [1.165, 1.54) is 6.42 Å². The third-order valence-corrected chi connectivity index (χ3v) is 5.10. The lowest BCUT2D eigenvalue weighted by atomic mass is 9.85. The average molecular weight is 310 g/mol. The van der Waals surface area contributed by atoms with E-state index in [0.29, 0.717) is 0 Å². The fourth-order valence-corrected chi connectivity index (χ4v) is 3.55. The SMILES string of the molecule is CC(NC(=O)C1CCCCC1)C(=O)NCC1(O)CCCCC1. The Kier molecular flexibility index (Phi) is 6.24. The zero-order chi connectivity index (χ0) is 16.0. The van der Waals surface area contributed by atoms with E-state index in [0.717, 1.165) is 57.8 Å². The third kappa shape index (κ3) is 4.97. The van der Waals surface area contributed by atoms with Gasteiger partial charge in [-0.3, -0.25) is 9.59 Å². The first-order valence-electron chi connectivity index (χ1n) is 8.81. The molecule has 2 fully saturated rings. The van der Waals surface area contributed by atoms with Crippen molar-refractivity contribution in [3.8, 4) is 0 Å². The summed E-state index contributed by atoms with van der Waals surface area (Å²) in [6.07, 6.45) is 9.95. The molecule has 2 rings (SSSR count). The van der Waals surface area contributed by atoms with Gasteiger partial charge in [0.2, 0.25) is 11.8 Å². The average Bonchev–Trinajstić information content (AvgIpc) is 2.54. The lowest BCUT2D eigenvalue weighted by Crippen LogP contribution is -2.51. The van der Waals surface area contributed by atoms with Crippen molar-refractivity contribution in [3.05, 3.63) is 0 Å². The van der Waals surface area contributed by atoms with E-state index < -0.39 is 11.6 Å². The zero-order valence-electron chi connectivity index (χ0n) is 13.7. The highest BCUT2D eigenvalue weighted by Crippen LogP contribution is 2.27. The minimum absolute atomic E-state index is 0.00118. The molecule has 0 aromatic heterocycles. The Bertz CT molecular complexity index is 385. The molecule has 1 atom stereocenters. The maximum absolute atomic E-state index is 12.1. The largest absolute Gasteiger partial charge is 0.388 e. The Morgan fingerprint density at radius 2 is 1.68 bits per heavy atom. The molecule has 5 heteroatoms. The number of hydrogen-bond acceptors (Lipinski definition) is 3. The Balaban J connectivity index is 1.73. The van der Waals surface area contributed by atoms with Gasteiger partial charge < -0.3 is 15.7 Å². The lowest BCUT2D eigenvalue weighted by molar-refractivity contribution is -0.132. The van der Waals surface area contributed by atoms with Crippen molar-refractivity contribution in [1.29, 1.82) is 0 Å². The molecular weight excluding hydrogens is 280 g/mol. The fraction of sp³-hybridized carbons (Fsp3) is 0.882. The molecule has 0 heterocycles. The second-order valence-electron chi connectivity index (χ2n) is 7.07. The summed E-state index contributed by atoms with van der Waals surface area (Å²) in [4.78, 5) is 24.3. The first-order chi connectivity index (χ1) is 10.5. The summed E-state index contributed by atoms with van der Waals surface area (Å²) in [5.74, 6) is -0.145. The van der Waals surface area contributed by atoms with Gasteiger partial charge in [0.25, 0.3) is 0 Å². The Morgan fingerprint density at radius 1 is 1.09 bits per heavy atom. The summed E-state index contributed by atoms with van der Waals surface area (Å²) in [7, 11) is 0. The van der Waals surface area contributed by atoms with Crippen LogP contribution in [0.2, 0.25) is 0 Å². The van der Waals surface area contributed by atoms with Crippen LogP contribution in [0.5, 0.6) is 0 Å². The normalized spacial score (nSPS) is 23.5. The number of aliphatic hydroxyl groups is 1. The third-order valence-electron chi connectivity index (χ3n) is 5.10. The van der Waals surface area contributed by atoms with Crippen molar-refractivity contribution >= 4 is 11.8 Å². The Hall–Kier alpha value is -1.10. The van der Waals surface area contributed by atoms with Crippen molar-refractivity contribution in [2.45, 2.75) is 82.8 Å². The van der Waals surface area contributed by atoms with Gasteiger partial charge in [0.05, 0.1) is 5.60 Å². The highest BCUT2D eigenvalue weighted by Gasteiger charge is 2.30. The van der Waals surface area contributed by atoms with Gasteiger partial charge in [-0.15, -0.1) is 0 Å². The highest BCUT2D eigenvalue weighted by molar-refractivity contribution is 5.88. The van der Waals surface area contributed by atoms with E-state index in [1.54, 1.807) is 6.92 Å². The monoisotopic (exact) mass is 310 g/mol. The highest BCUT2D eigenvalue weighted by atomic mass is 16.3. The van der Waals surface area contributed by atoms with Crippen LogP contribution in [-0.2, 0) is 9.59 Å². The molecule has 126 valence electrons. The van der Waals surface area contributed by atoms with E-state index >= 15 is 0 Å². The summed E-state index contributed by atoms with van der Waals surface area (Å²) < 4.78 is 0. The Morgan fingerprint density at radius 3 is 2.32 bits per heavy atom. The smallest absolute Gasteiger partial charge is 0.242 e. The predicted molar refractivity (Wildman–Crippen MR) is 85.2 cm³/mol. The number of carbonyl (C=O) groups excluding carboxylic acids is 2. The van der Waals surface area contributed by atoms with Crippen molar-refractivity contribution in [1.82, 2.24) is 10.6 Å². The maximum Gasteiger partial charge on any atom is 0.242 e. The summed E-state index contributed by atoms with van der Waals surface area (Å²) >= 11 is 0. The molecule has 0 bridgehead atoms. The summed E-state index contributed by atoms with van der Waals surface area (Å²) in [6, 6.07) is -0.540. The number of amides is 2. The van der Waals surface area contributed by atoms with Crippen LogP contribution >= 0.6 is 0 Å². The number of hydrogen-bond donors (Lipinski definition) is 3. The molecule has 22 heavy (non-hydrogen) atoms. The molecule has 0 radical (unpaired) electrons. The lowest BCUT2D eigenvalue weighted by Gasteiger charge is -2.32. The van der Waals surface area contributed by atoms with Gasteiger partial charge in [0.1, 0.15) is 6.04 Å². The van der Waals surface area contributed by atoms with Crippen LogP contribution in [0.15, 0.2) is 0 Å². The summed E-state index contributed by atoms with van der Waals surface area (Å²) in [5.41, 5.74) is -0.763. The molecule has 1 unspecified atom stereocenters. The number of rotatable bonds is 5. The second kappa shape index (κ2) is 7.95. The first kappa shape index (κ1) is 17.3. The van der Waals surface area contributed by atoms with Gasteiger partial charge in [-0.25, -0.2) is 0 Å². The van der Waals surface area contributed by atoms with Crippen molar-refractivity contribution in [2.75, 3.05) is 6.54 Å². The molecule has 0 spiro atoms. The topological polar surface area (TPSA) is 78.4 Å². The van der Waals surface area contributed by atoms with E-state index in [9.17, 15) is 14.7 Å². The van der Waals surface area contributed by atoms with E-state index in [1.807, 2.05) is 0 Å². The quantitative estimate of drug-likeness (QED) is 0.725. The van der Waals surface area contributed by atoms with Crippen molar-refractivity contribution < 1.29 is 14.7 Å². The fourth-order valence-electron chi connectivity index (χ4n) is 3.55. The van der Waals surface area contributed by atoms with Crippen LogP contribution in [0.3, 0.4) is 0 Å². The molecule has 2 aliphatic carbocycles. The molecule has 2 saturated carbocycles. The summed E-state index contributed by atoms with van der Waals surface area (Å²) in [6.45, 7) is 2.00. The van der Waals surface area contributed by atoms with Crippen LogP contribution < -0.4 is 10.6 Å². The van der Waals surface area contributed by atoms with Gasteiger partial charge in [-0.1, -0.05) is 38.5 Å². The number of carbonyl (C=O) groups is 2. The van der Waals surface area contributed by atoms with Crippen LogP contribution in [0, 0.1) is 5.92 Å². The standard InChI is InChI=1S/C17H30N2O3/c1-13(19-16(21)14-8-4-2-5-9-14)15(20)18-12-17(22)10-6-3-7-11-17/h13-14,22H,2-12H2,1H3,(H,18,20)(H,19,21). The Labute approximate surface area is 133 Å². The van der Waals surface area contributed by atoms with Gasteiger partial charge >= 0.3 is 0 Å². The van der Waals surface area contributed by atoms with Crippen molar-refractivity contribution in [2.24, 2.45) is 5.92 Å². The molecular formula is C17H30N2O3. The molecule has 2 amide bonds. The van der Waals surface area contributed by atoms with E-state index in [4.69, 9.17) is 0 Å². The molecule has 5 nitrogen and oxygen atoms in total. The van der Waals surface area contributed by atoms with Gasteiger partial charge in [0, 0.05) is 12.5 Å². The number of nitrogens with one attached hydrogen (secondary N) is 2. The van der Waals surface area contributed by atoms with E-state index in [2.05, 4.69) is 10.6 Å². The molecule has 0 saturated heterocycles. The predicted octanol–water partition coefficient (Wildman–Crippen LogP) is 1.88. The minimum atomic E-state index is -0.763. The van der Waals surface area contributed by atoms with Crippen molar-refractivity contribution in [3.63, 3.8) is 0 Å². The van der Waals surface area contributed by atoms with E-state index in [-0.39, 0.29) is 24.3 Å². The van der Waals surface area contributed by atoms with Gasteiger partial charge in [0.15, 0.2) is 0 Å². The molecule has 2 aliphatic rings. The minimum Gasteiger partial charge on any atom is -0.388 e. The second-order valence-corrected chi connectivity index (χ2v) is 7.07. The van der Waals surface area contributed by atoms with Crippen LogP contribution in [0.4, 0.5) is 0 Å². The van der Waals surface area contributed by atoms with Gasteiger partial charge in [-0.05, 0) is 32.6 Å². The summed E-state index contributed by atoms with van der Waals surface area (Å²) in [5, 5.41) is 16.0.